The molecule has 10 saturated heterocycles. The van der Waals surface area contributed by atoms with Crippen molar-refractivity contribution >= 4 is 26.5 Å². The van der Waals surface area contributed by atoms with E-state index in [4.69, 9.17) is 0 Å². The Morgan fingerprint density at radius 2 is 1.08 bits per heavy atom. The Hall–Kier alpha value is -0.181. The summed E-state index contributed by atoms with van der Waals surface area (Å²) in [6.45, 7) is -0.620. The Labute approximate surface area is 227 Å². The van der Waals surface area contributed by atoms with Crippen LogP contribution >= 0.6 is 15.8 Å². The molecule has 14 rings (SSSR count). The molecule has 12 aliphatic rings. The Balaban J connectivity index is 1.05. The van der Waals surface area contributed by atoms with Gasteiger partial charge in [-0.15, -0.1) is 0 Å². The molecule has 2 aromatic carbocycles. The maximum atomic E-state index is 3.03. The van der Waals surface area contributed by atoms with Crippen LogP contribution in [0.4, 0.5) is 0 Å². The molecule has 39 heavy (non-hydrogen) atoms. The van der Waals surface area contributed by atoms with Crippen LogP contribution in [0.5, 0.6) is 0 Å². The molecule has 2 saturated carbocycles. The van der Waals surface area contributed by atoms with Gasteiger partial charge in [-0.2, -0.15) is 0 Å². The van der Waals surface area contributed by atoms with E-state index in [2.05, 4.69) is 67.6 Å². The first-order valence-corrected chi connectivity index (χ1v) is 26.0. The van der Waals surface area contributed by atoms with Crippen LogP contribution < -0.4 is 10.6 Å². The molecule has 2 aliphatic carbocycles. The topological polar surface area (TPSA) is 0 Å². The van der Waals surface area contributed by atoms with Gasteiger partial charge in [-0.25, -0.2) is 0 Å². The fourth-order valence-corrected chi connectivity index (χ4v) is 123. The van der Waals surface area contributed by atoms with Crippen LogP contribution in [0.25, 0.3) is 0 Å². The predicted molar refractivity (Wildman–Crippen MR) is 165 cm³/mol. The SMILES string of the molecule is CC(P(C1CCCCC1)C1CCCCC1)[C@]12[CH]3[CH]4[CH]5[C]1(P(c1ccccc1)c1ccccc1)[Fe]45321678[CH]2[CH]1[CH]6[CH]7[CH]28. The minimum atomic E-state index is -3.65. The zero-order valence-corrected chi connectivity index (χ0v) is 26.3. The van der Waals surface area contributed by atoms with Gasteiger partial charge in [0.25, 0.3) is 0 Å². The van der Waals surface area contributed by atoms with Crippen molar-refractivity contribution in [2.24, 2.45) is 0 Å². The monoisotopic (exact) mass is 594 g/mol. The average molecular weight is 595 g/mol. The molecule has 6 atom stereocenters. The van der Waals surface area contributed by atoms with E-state index in [0.717, 1.165) is 25.3 Å². The van der Waals surface area contributed by atoms with Gasteiger partial charge in [-0.3, -0.25) is 0 Å². The van der Waals surface area contributed by atoms with E-state index in [1.54, 1.807) is 62.0 Å². The van der Waals surface area contributed by atoms with Crippen molar-refractivity contribution in [3.05, 3.63) is 60.7 Å². The number of hydrogen-bond acceptors (Lipinski definition) is 0. The Morgan fingerprint density at radius 3 is 1.49 bits per heavy atom. The van der Waals surface area contributed by atoms with E-state index in [1.807, 2.05) is 0 Å². The van der Waals surface area contributed by atoms with Crippen LogP contribution in [0.2, 0.25) is 42.8 Å². The van der Waals surface area contributed by atoms with E-state index < -0.39 is 6.51 Å². The summed E-state index contributed by atoms with van der Waals surface area (Å²) in [6.07, 6.45) is 15.8. The van der Waals surface area contributed by atoms with Gasteiger partial charge in [-0.05, 0) is 0 Å². The fourth-order valence-electron chi connectivity index (χ4n) is 24.0. The molecule has 10 aliphatic heterocycles. The molecule has 0 N–H and O–H groups in total. The van der Waals surface area contributed by atoms with Gasteiger partial charge in [0.2, 0.25) is 0 Å². The first-order chi connectivity index (χ1) is 19.0. The van der Waals surface area contributed by atoms with Crippen molar-refractivity contribution in [2.45, 2.75) is 135 Å². The predicted octanol–water partition coefficient (Wildman–Crippen LogP) is 10.3. The molecule has 10 heterocycles. The van der Waals surface area contributed by atoms with Crippen LogP contribution in [0, 0.1) is 0 Å². The summed E-state index contributed by atoms with van der Waals surface area (Å²) in [5.41, 5.74) is 3.42. The van der Waals surface area contributed by atoms with Crippen molar-refractivity contribution in [3.63, 3.8) is 0 Å². The van der Waals surface area contributed by atoms with Gasteiger partial charge in [0, 0.05) is 0 Å². The van der Waals surface area contributed by atoms with Gasteiger partial charge in [0.1, 0.15) is 0 Å². The first kappa shape index (κ1) is 20.7. The third-order valence-corrected chi connectivity index (χ3v) is 76.7. The molecule has 12 fully saturated rings. The molecule has 0 nitrogen and oxygen atoms in total. The Morgan fingerprint density at radius 1 is 0.615 bits per heavy atom. The number of fused-ring (bicyclic) bond motifs is 10. The van der Waals surface area contributed by atoms with Gasteiger partial charge < -0.3 is 0 Å². The van der Waals surface area contributed by atoms with Crippen LogP contribution in [0.1, 0.15) is 71.1 Å². The van der Waals surface area contributed by atoms with E-state index in [1.165, 1.54) is 51.4 Å². The van der Waals surface area contributed by atoms with E-state index >= 15 is 0 Å². The van der Waals surface area contributed by atoms with Gasteiger partial charge >= 0.3 is 229 Å². The zero-order valence-electron chi connectivity index (χ0n) is 23.4. The third-order valence-electron chi connectivity index (χ3n) is 22.3. The van der Waals surface area contributed by atoms with Crippen molar-refractivity contribution < 1.29 is 6.51 Å². The maximum absolute atomic E-state index is 3.65. The van der Waals surface area contributed by atoms with Crippen LogP contribution in [0.15, 0.2) is 60.7 Å². The van der Waals surface area contributed by atoms with E-state index in [0.29, 0.717) is 0 Å². The van der Waals surface area contributed by atoms with Crippen LogP contribution in [-0.4, -0.2) is 21.0 Å². The second-order valence-electron chi connectivity index (χ2n) is 18.5. The number of hydrogen-bond donors (Lipinski definition) is 0. The van der Waals surface area contributed by atoms with Gasteiger partial charge in [0.05, 0.1) is 0 Å². The Bertz CT molecular complexity index is 1780. The quantitative estimate of drug-likeness (QED) is 0.221. The average Bonchev–Trinajstić information content (AvgIpc) is 3.95. The van der Waals surface area contributed by atoms with Crippen LogP contribution in [-0.2, 0) is 6.51 Å². The summed E-state index contributed by atoms with van der Waals surface area (Å²) in [5, 5.41) is 3.61. The van der Waals surface area contributed by atoms with Gasteiger partial charge in [0.15, 0.2) is 0 Å². The number of rotatable bonds is 7. The molecule has 1 spiro atoms. The second-order valence-corrected chi connectivity index (χ2v) is 47.7. The summed E-state index contributed by atoms with van der Waals surface area (Å²) in [6, 6.07) is 24.7. The molecule has 3 heteroatoms. The third kappa shape index (κ3) is 0.574. The molecule has 206 valence electrons. The van der Waals surface area contributed by atoms with Crippen molar-refractivity contribution in [2.75, 3.05) is 0 Å². The molecule has 0 aromatic heterocycles. The van der Waals surface area contributed by atoms with Gasteiger partial charge in [-0.1, -0.05) is 0 Å². The van der Waals surface area contributed by atoms with E-state index in [9.17, 15) is 0 Å². The molecule has 2 aromatic rings. The normalized spacial score (nSPS) is 67.3. The zero-order chi connectivity index (χ0) is 25.1. The molecular formula is C36H44FeP2. The standard InChI is InChI=1S/C31H39P2.C5H5.Fe/c1-25(32(26-15-6-2-7-16-26)27-17-8-3-9-18-27)30-23-14-24-31(30)33(28-19-10-4-11-20-28)29-21-12-5-13-22-29;1-2-4-5-3-1;/h4-5,10-14,19-27H,2-3,6-9,15-18H2,1H3;1-5H;. The molecule has 0 amide bonds. The summed E-state index contributed by atoms with van der Waals surface area (Å²) in [4.78, 5) is 11.2. The second kappa shape index (κ2) is 3.45. The van der Waals surface area contributed by atoms with Crippen molar-refractivity contribution in [1.29, 1.82) is 0 Å². The summed E-state index contributed by atoms with van der Waals surface area (Å²) in [5.74, 6) is 0. The molecule has 0 bridgehead atoms. The Kier molecular flexibility index (Phi) is 1.83. The van der Waals surface area contributed by atoms with Crippen LogP contribution in [0.3, 0.4) is 0 Å². The van der Waals surface area contributed by atoms with Crippen molar-refractivity contribution in [1.82, 2.24) is 0 Å². The molecule has 5 unspecified atom stereocenters. The molecule has 0 radical (unpaired) electrons. The summed E-state index contributed by atoms with van der Waals surface area (Å²) < 4.78 is 1.86. The summed E-state index contributed by atoms with van der Waals surface area (Å²) in [7, 11) is -0.0119. The fraction of sp³-hybridized carbons (Fsp3) is 0.667. The molecular weight excluding hydrogens is 550 g/mol. The summed E-state index contributed by atoms with van der Waals surface area (Å²) >= 11 is 0. The first-order valence-electron chi connectivity index (χ1n) is 16.9. The minimum absolute atomic E-state index is 0.187. The number of benzene rings is 2. The van der Waals surface area contributed by atoms with E-state index in [-0.39, 0.29) is 15.8 Å². The van der Waals surface area contributed by atoms with Crippen molar-refractivity contribution in [3.8, 4) is 0 Å².